The number of carboxylic acids is 1. The lowest BCUT2D eigenvalue weighted by Crippen LogP contribution is -2.25. The molecule has 7 nitrogen and oxygen atoms in total. The van der Waals surface area contributed by atoms with Gasteiger partial charge in [0.25, 0.3) is 0 Å². The van der Waals surface area contributed by atoms with Gasteiger partial charge in [0.2, 0.25) is 5.52 Å². The number of nitrogens with zero attached hydrogens (tertiary/aromatic N) is 4. The highest BCUT2D eigenvalue weighted by Crippen LogP contribution is 2.24. The Labute approximate surface area is 240 Å². The van der Waals surface area contributed by atoms with E-state index in [1.54, 1.807) is 6.07 Å². The Bertz CT molecular complexity index is 1930. The summed E-state index contributed by atoms with van der Waals surface area (Å²) in [5.41, 5.74) is 3.09. The van der Waals surface area contributed by atoms with Crippen molar-refractivity contribution in [3.8, 4) is 6.07 Å². The number of aromatic nitrogens is 2. The van der Waals surface area contributed by atoms with Crippen LogP contribution in [0.3, 0.4) is 0 Å². The normalized spacial score (nSPS) is 13.8. The molecule has 3 heterocycles. The zero-order valence-corrected chi connectivity index (χ0v) is 22.6. The molecular formula is C33H24N4O3S. The number of aliphatic imine (C=N–C) groups is 1. The van der Waals surface area contributed by atoms with Gasteiger partial charge in [-0.25, -0.2) is 9.78 Å². The molecule has 0 unspecified atom stereocenters. The van der Waals surface area contributed by atoms with Crippen LogP contribution in [0.4, 0.5) is 0 Å². The van der Waals surface area contributed by atoms with Crippen LogP contribution in [0.5, 0.6) is 0 Å². The van der Waals surface area contributed by atoms with Gasteiger partial charge in [0.1, 0.15) is 5.04 Å². The van der Waals surface area contributed by atoms with Gasteiger partial charge in [0.05, 0.1) is 22.8 Å². The maximum absolute atomic E-state index is 11.1. The first-order valence-electron chi connectivity index (χ1n) is 12.8. The Morgan fingerprint density at radius 1 is 0.854 bits per heavy atom. The first-order valence-corrected chi connectivity index (χ1v) is 13.8. The molecule has 1 N–H and O–H groups in total. The molecule has 1 aliphatic rings. The molecule has 7 rings (SSSR count). The Hall–Kier alpha value is -5.26. The lowest BCUT2D eigenvalue weighted by atomic mass is 10.1. The fourth-order valence-corrected chi connectivity index (χ4v) is 5.22. The molecule has 0 spiro atoms. The topological polar surface area (TPSA) is 113 Å². The number of pyridine rings is 2. The van der Waals surface area contributed by atoms with Gasteiger partial charge in [-0.15, -0.1) is 11.8 Å². The third-order valence-electron chi connectivity index (χ3n) is 6.30. The first kappa shape index (κ1) is 27.3. The number of carboxylic acid groups (broad SMARTS) is 1. The van der Waals surface area contributed by atoms with Gasteiger partial charge in [-0.1, -0.05) is 66.7 Å². The summed E-state index contributed by atoms with van der Waals surface area (Å²) in [7, 11) is 0. The van der Waals surface area contributed by atoms with E-state index < -0.39 is 12.0 Å². The van der Waals surface area contributed by atoms with E-state index in [2.05, 4.69) is 16.0 Å². The fourth-order valence-electron chi connectivity index (χ4n) is 4.22. The van der Waals surface area contributed by atoms with Crippen molar-refractivity contribution in [3.63, 3.8) is 0 Å². The minimum atomic E-state index is -0.877. The Kier molecular flexibility index (Phi) is 8.48. The average molecular weight is 557 g/mol. The lowest BCUT2D eigenvalue weighted by molar-refractivity contribution is -0.577. The Morgan fingerprint density at radius 2 is 1.51 bits per heavy atom. The van der Waals surface area contributed by atoms with Gasteiger partial charge in [-0.3, -0.25) is 4.99 Å². The molecule has 0 aliphatic carbocycles. The summed E-state index contributed by atoms with van der Waals surface area (Å²) in [6, 6.07) is 38.1. The summed E-state index contributed by atoms with van der Waals surface area (Å²) >= 11 is 1.45. The number of rotatable bonds is 2. The molecule has 2 aromatic heterocycles. The number of hydrogen-bond donors (Lipinski definition) is 1. The number of fused-ring (bicyclic) bond motifs is 3. The van der Waals surface area contributed by atoms with E-state index in [0.29, 0.717) is 16.4 Å². The van der Waals surface area contributed by atoms with Crippen molar-refractivity contribution in [1.29, 1.82) is 5.26 Å². The summed E-state index contributed by atoms with van der Waals surface area (Å²) < 4.78 is 0.870. The summed E-state index contributed by atoms with van der Waals surface area (Å²) in [4.78, 5) is 19.5. The molecular weight excluding hydrogens is 532 g/mol. The van der Waals surface area contributed by atoms with Crippen molar-refractivity contribution >= 4 is 55.4 Å². The van der Waals surface area contributed by atoms with Crippen LogP contribution in [-0.2, 0) is 4.79 Å². The minimum absolute atomic E-state index is 0.485. The first-order chi connectivity index (χ1) is 20.0. The van der Waals surface area contributed by atoms with E-state index >= 15 is 0 Å². The molecule has 0 fully saturated rings. The Balaban J connectivity index is 0.000000129. The standard InChI is InChI=1S/C13H10N2O2S.C11H7N.C9H7NO/c16-13(17)11-7-18-12(15-11)10-6-5-8-3-1-2-4-9(8)14-10;12-8-9-5-6-10-3-1-2-4-11(10)7-9;11-10-7-3-5-8-4-1-2-6-9(8)10/h1-6,11H,7H2,(H,16,17);1-7H;1-7H/t11-;;/m1../s1. The van der Waals surface area contributed by atoms with E-state index in [4.69, 9.17) is 10.4 Å². The number of hydrogen-bond acceptors (Lipinski definition) is 6. The van der Waals surface area contributed by atoms with Crippen molar-refractivity contribution in [3.05, 3.63) is 138 Å². The fraction of sp³-hybridized carbons (Fsp3) is 0.0606. The molecule has 0 radical (unpaired) electrons. The molecule has 0 bridgehead atoms. The van der Waals surface area contributed by atoms with Crippen LogP contribution in [0.15, 0.2) is 126 Å². The van der Waals surface area contributed by atoms with E-state index in [0.717, 1.165) is 37.6 Å². The van der Waals surface area contributed by atoms with Crippen molar-refractivity contribution < 1.29 is 14.6 Å². The second-order valence-electron chi connectivity index (χ2n) is 9.06. The number of para-hydroxylation sites is 2. The van der Waals surface area contributed by atoms with Crippen LogP contribution >= 0.6 is 11.8 Å². The SMILES string of the molecule is N#Cc1ccc2ccccc2c1.O=C(O)[C@H]1CSC(c2ccc3ccccc3n2)=N1.[O-][n+]1cccc2ccccc21. The molecule has 1 aliphatic heterocycles. The van der Waals surface area contributed by atoms with Gasteiger partial charge in [0.15, 0.2) is 12.2 Å². The summed E-state index contributed by atoms with van der Waals surface area (Å²) in [5, 5.41) is 33.7. The van der Waals surface area contributed by atoms with Crippen LogP contribution in [0.2, 0.25) is 0 Å². The number of thioether (sulfide) groups is 1. The maximum atomic E-state index is 11.1. The van der Waals surface area contributed by atoms with Crippen molar-refractivity contribution in [2.75, 3.05) is 5.75 Å². The molecule has 200 valence electrons. The minimum Gasteiger partial charge on any atom is -0.618 e. The third-order valence-corrected chi connectivity index (χ3v) is 7.37. The summed E-state index contributed by atoms with van der Waals surface area (Å²) in [6.45, 7) is 0. The van der Waals surface area contributed by atoms with Gasteiger partial charge in [-0.2, -0.15) is 9.99 Å². The highest BCUT2D eigenvalue weighted by Gasteiger charge is 2.25. The van der Waals surface area contributed by atoms with Gasteiger partial charge in [0, 0.05) is 28.7 Å². The number of nitriles is 1. The monoisotopic (exact) mass is 556 g/mol. The molecule has 6 aromatic rings. The zero-order chi connectivity index (χ0) is 28.6. The summed E-state index contributed by atoms with van der Waals surface area (Å²) in [6.07, 6.45) is 1.50. The molecule has 0 amide bonds. The average Bonchev–Trinajstić information content (AvgIpc) is 3.53. The predicted octanol–water partition coefficient (Wildman–Crippen LogP) is 6.37. The van der Waals surface area contributed by atoms with Gasteiger partial charge in [-0.05, 0) is 47.2 Å². The van der Waals surface area contributed by atoms with Crippen LogP contribution in [0, 0.1) is 16.5 Å². The van der Waals surface area contributed by atoms with Gasteiger partial charge >= 0.3 is 5.97 Å². The highest BCUT2D eigenvalue weighted by molar-refractivity contribution is 8.14. The third kappa shape index (κ3) is 6.67. The van der Waals surface area contributed by atoms with Crippen LogP contribution < -0.4 is 4.73 Å². The van der Waals surface area contributed by atoms with E-state index in [1.807, 2.05) is 109 Å². The molecule has 41 heavy (non-hydrogen) atoms. The molecule has 1 atom stereocenters. The quantitative estimate of drug-likeness (QED) is 0.196. The number of carbonyl (C=O) groups is 1. The zero-order valence-electron chi connectivity index (χ0n) is 21.8. The molecule has 8 heteroatoms. The molecule has 0 saturated heterocycles. The highest BCUT2D eigenvalue weighted by atomic mass is 32.2. The van der Waals surface area contributed by atoms with Crippen molar-refractivity contribution in [1.82, 2.24) is 4.98 Å². The molecule has 0 saturated carbocycles. The molecule has 4 aromatic carbocycles. The number of benzene rings is 4. The van der Waals surface area contributed by atoms with E-state index in [-0.39, 0.29) is 0 Å². The number of aliphatic carboxylic acids is 1. The van der Waals surface area contributed by atoms with Crippen LogP contribution in [-0.4, -0.2) is 32.9 Å². The van der Waals surface area contributed by atoms with E-state index in [9.17, 15) is 10.0 Å². The predicted molar refractivity (Wildman–Crippen MR) is 164 cm³/mol. The lowest BCUT2D eigenvalue weighted by Gasteiger charge is -2.01. The summed E-state index contributed by atoms with van der Waals surface area (Å²) in [5.74, 6) is -0.391. The van der Waals surface area contributed by atoms with E-state index in [1.165, 1.54) is 23.3 Å². The maximum Gasteiger partial charge on any atom is 0.329 e. The second kappa shape index (κ2) is 12.7. The largest absolute Gasteiger partial charge is 0.618 e. The van der Waals surface area contributed by atoms with Crippen molar-refractivity contribution in [2.24, 2.45) is 4.99 Å². The van der Waals surface area contributed by atoms with Crippen molar-refractivity contribution in [2.45, 2.75) is 6.04 Å². The van der Waals surface area contributed by atoms with Crippen LogP contribution in [0.1, 0.15) is 11.3 Å². The second-order valence-corrected chi connectivity index (χ2v) is 10.1. The van der Waals surface area contributed by atoms with Gasteiger partial charge < -0.3 is 10.3 Å². The Morgan fingerprint density at radius 3 is 2.24 bits per heavy atom. The van der Waals surface area contributed by atoms with Crippen LogP contribution in [0.25, 0.3) is 32.6 Å². The smallest absolute Gasteiger partial charge is 0.329 e.